The Morgan fingerprint density at radius 2 is 2.08 bits per heavy atom. The summed E-state index contributed by atoms with van der Waals surface area (Å²) in [7, 11) is 0. The van der Waals surface area contributed by atoms with Crippen molar-refractivity contribution in [2.45, 2.75) is 52.6 Å². The molecule has 2 aromatic heterocycles. The van der Waals surface area contributed by atoms with Crippen LogP contribution in [0.1, 0.15) is 49.7 Å². The van der Waals surface area contributed by atoms with Gasteiger partial charge in [-0.3, -0.25) is 14.2 Å². The third-order valence-corrected chi connectivity index (χ3v) is 4.04. The molecule has 1 fully saturated rings. The molecule has 1 amide bonds. The van der Waals surface area contributed by atoms with Crippen molar-refractivity contribution in [1.82, 2.24) is 19.5 Å². The minimum atomic E-state index is -0.575. The molecule has 3 N–H and O–H groups in total. The normalized spacial score (nSPS) is 14.9. The lowest BCUT2D eigenvalue weighted by Crippen LogP contribution is -2.37. The monoisotopic (exact) mass is 348 g/mol. The molecule has 25 heavy (non-hydrogen) atoms. The Labute approximate surface area is 145 Å². The number of rotatable bonds is 5. The van der Waals surface area contributed by atoms with E-state index in [0.29, 0.717) is 24.3 Å². The van der Waals surface area contributed by atoms with Gasteiger partial charge in [-0.1, -0.05) is 20.8 Å². The Balaban J connectivity index is 2.21. The molecule has 2 aromatic rings. The van der Waals surface area contributed by atoms with Crippen molar-refractivity contribution in [2.75, 3.05) is 6.61 Å². The van der Waals surface area contributed by atoms with E-state index in [1.807, 2.05) is 20.8 Å². The Kier molecular flexibility index (Phi) is 4.32. The van der Waals surface area contributed by atoms with Gasteiger partial charge in [0.1, 0.15) is 5.65 Å². The number of hydrogen-bond acceptors (Lipinski definition) is 5. The van der Waals surface area contributed by atoms with E-state index in [1.54, 1.807) is 6.07 Å². The van der Waals surface area contributed by atoms with Crippen molar-refractivity contribution in [1.29, 1.82) is 0 Å². The Morgan fingerprint density at radius 1 is 1.40 bits per heavy atom. The molecule has 0 saturated heterocycles. The largest absolute Gasteiger partial charge is 0.492 e. The number of nitrogens with zero attached hydrogens (tertiary/aromatic N) is 3. The molecule has 3 rings (SSSR count). The minimum Gasteiger partial charge on any atom is -0.492 e. The van der Waals surface area contributed by atoms with E-state index in [2.05, 4.69) is 10.4 Å². The molecule has 1 aliphatic carbocycles. The van der Waals surface area contributed by atoms with Gasteiger partial charge in [0.25, 0.3) is 11.5 Å². The predicted molar refractivity (Wildman–Crippen MR) is 91.8 cm³/mol. The number of aliphatic hydroxyl groups excluding tert-OH is 1. The third kappa shape index (κ3) is 3.53. The molecule has 0 bridgehead atoms. The highest BCUT2D eigenvalue weighted by Crippen LogP contribution is 2.24. The first-order valence-electron chi connectivity index (χ1n) is 8.47. The number of hydrogen-bond donors (Lipinski definition) is 3. The van der Waals surface area contributed by atoms with Crippen LogP contribution in [0, 0.1) is 5.41 Å². The van der Waals surface area contributed by atoms with Crippen LogP contribution in [0.3, 0.4) is 0 Å². The zero-order valence-corrected chi connectivity index (χ0v) is 14.7. The molecule has 136 valence electrons. The summed E-state index contributed by atoms with van der Waals surface area (Å²) < 4.78 is 2.68. The summed E-state index contributed by atoms with van der Waals surface area (Å²) in [5, 5.41) is 26.6. The molecule has 8 heteroatoms. The highest BCUT2D eigenvalue weighted by Gasteiger charge is 2.30. The zero-order valence-electron chi connectivity index (χ0n) is 14.7. The van der Waals surface area contributed by atoms with Crippen LogP contribution in [-0.4, -0.2) is 43.0 Å². The smallest absolute Gasteiger partial charge is 0.270 e. The zero-order chi connectivity index (χ0) is 18.4. The van der Waals surface area contributed by atoms with Crippen molar-refractivity contribution >= 4 is 11.6 Å². The van der Waals surface area contributed by atoms with Gasteiger partial charge < -0.3 is 15.5 Å². The average molecular weight is 348 g/mol. The number of nitrogens with one attached hydrogen (secondary N) is 1. The van der Waals surface area contributed by atoms with E-state index >= 15 is 0 Å². The van der Waals surface area contributed by atoms with E-state index < -0.39 is 17.3 Å². The summed E-state index contributed by atoms with van der Waals surface area (Å²) in [6, 6.07) is 1.73. The Hall–Kier alpha value is -2.35. The van der Waals surface area contributed by atoms with Gasteiger partial charge in [0.2, 0.25) is 5.88 Å². The fourth-order valence-corrected chi connectivity index (χ4v) is 2.76. The topological polar surface area (TPSA) is 109 Å². The van der Waals surface area contributed by atoms with Crippen LogP contribution in [0.2, 0.25) is 0 Å². The molecule has 1 saturated carbocycles. The van der Waals surface area contributed by atoms with Crippen molar-refractivity contribution in [3.8, 4) is 5.88 Å². The van der Waals surface area contributed by atoms with Gasteiger partial charge in [0, 0.05) is 31.7 Å². The molecule has 2 heterocycles. The van der Waals surface area contributed by atoms with Crippen molar-refractivity contribution < 1.29 is 15.0 Å². The molecule has 0 radical (unpaired) electrons. The lowest BCUT2D eigenvalue weighted by Gasteiger charge is -2.21. The van der Waals surface area contributed by atoms with Crippen molar-refractivity contribution in [2.24, 2.45) is 5.41 Å². The Bertz CT molecular complexity index is 871. The van der Waals surface area contributed by atoms with Gasteiger partial charge in [0.15, 0.2) is 5.56 Å². The van der Waals surface area contributed by atoms with Crippen molar-refractivity contribution in [3.63, 3.8) is 0 Å². The lowest BCUT2D eigenvalue weighted by atomic mass is 9.97. The Morgan fingerprint density at radius 3 is 2.64 bits per heavy atom. The number of carbonyl (C=O) groups is 1. The fraction of sp³-hybridized carbons (Fsp3) is 0.588. The molecule has 0 aliphatic heterocycles. The summed E-state index contributed by atoms with van der Waals surface area (Å²) in [6.45, 7) is 6.22. The predicted octanol–water partition coefficient (Wildman–Crippen LogP) is 0.675. The van der Waals surface area contributed by atoms with Gasteiger partial charge >= 0.3 is 0 Å². The first-order chi connectivity index (χ1) is 11.7. The summed E-state index contributed by atoms with van der Waals surface area (Å²) in [4.78, 5) is 25.4. The summed E-state index contributed by atoms with van der Waals surface area (Å²) in [5.74, 6) is -1.04. The number of fused-ring (bicyclic) bond motifs is 1. The van der Waals surface area contributed by atoms with Crippen LogP contribution in [0.5, 0.6) is 5.88 Å². The number of carbonyl (C=O) groups excluding carboxylic acids is 1. The SMILES string of the molecule is CC(C)(C)Cn1c(=O)c(C(=O)NC2CC2)c(O)n2nc(CCO)cc12. The molecular weight excluding hydrogens is 324 g/mol. The average Bonchev–Trinajstić information content (AvgIpc) is 3.20. The third-order valence-electron chi connectivity index (χ3n) is 4.04. The van der Waals surface area contributed by atoms with Crippen LogP contribution in [0.15, 0.2) is 10.9 Å². The molecule has 8 nitrogen and oxygen atoms in total. The minimum absolute atomic E-state index is 0.0700. The molecule has 0 spiro atoms. The van der Waals surface area contributed by atoms with E-state index in [0.717, 1.165) is 12.8 Å². The quantitative estimate of drug-likeness (QED) is 0.736. The van der Waals surface area contributed by atoms with Gasteiger partial charge in [-0.2, -0.15) is 9.61 Å². The molecule has 0 atom stereocenters. The number of aromatic hydroxyl groups is 1. The highest BCUT2D eigenvalue weighted by molar-refractivity contribution is 5.96. The first kappa shape index (κ1) is 17.5. The lowest BCUT2D eigenvalue weighted by molar-refractivity contribution is 0.0944. The van der Waals surface area contributed by atoms with Crippen LogP contribution >= 0.6 is 0 Å². The van der Waals surface area contributed by atoms with Gasteiger partial charge in [-0.25, -0.2) is 0 Å². The molecule has 0 unspecified atom stereocenters. The number of amides is 1. The van der Waals surface area contributed by atoms with Crippen LogP contribution in [0.25, 0.3) is 5.65 Å². The van der Waals surface area contributed by atoms with Crippen molar-refractivity contribution in [3.05, 3.63) is 27.7 Å². The van der Waals surface area contributed by atoms with Gasteiger partial charge in [0.05, 0.1) is 5.69 Å². The molecule has 1 aliphatic rings. The standard InChI is InChI=1S/C17H24N4O4/c1-17(2,3)9-20-12-8-11(6-7-22)19-21(12)16(25)13(15(20)24)14(23)18-10-4-5-10/h8,10,22,25H,4-7,9H2,1-3H3,(H,18,23). The van der Waals surface area contributed by atoms with Crippen LogP contribution in [-0.2, 0) is 13.0 Å². The maximum Gasteiger partial charge on any atom is 0.270 e. The first-order valence-corrected chi connectivity index (χ1v) is 8.47. The second kappa shape index (κ2) is 6.18. The highest BCUT2D eigenvalue weighted by atomic mass is 16.3. The van der Waals surface area contributed by atoms with E-state index in [9.17, 15) is 14.7 Å². The second-order valence-electron chi connectivity index (χ2n) is 7.78. The summed E-state index contributed by atoms with van der Waals surface area (Å²) >= 11 is 0. The van der Waals surface area contributed by atoms with Crippen LogP contribution in [0.4, 0.5) is 0 Å². The van der Waals surface area contributed by atoms with Crippen LogP contribution < -0.4 is 10.9 Å². The van der Waals surface area contributed by atoms with Gasteiger partial charge in [-0.15, -0.1) is 0 Å². The fourth-order valence-electron chi connectivity index (χ4n) is 2.76. The molecule has 0 aromatic carbocycles. The summed E-state index contributed by atoms with van der Waals surface area (Å²) in [5.41, 5.74) is -0.0910. The molecular formula is C17H24N4O4. The summed E-state index contributed by atoms with van der Waals surface area (Å²) in [6.07, 6.45) is 2.06. The maximum absolute atomic E-state index is 12.9. The number of aliphatic hydroxyl groups is 1. The van der Waals surface area contributed by atoms with E-state index in [4.69, 9.17) is 5.11 Å². The van der Waals surface area contributed by atoms with E-state index in [1.165, 1.54) is 9.08 Å². The second-order valence-corrected chi connectivity index (χ2v) is 7.78. The van der Waals surface area contributed by atoms with Gasteiger partial charge in [-0.05, 0) is 18.3 Å². The van der Waals surface area contributed by atoms with E-state index in [-0.39, 0.29) is 23.6 Å². The maximum atomic E-state index is 12.9. The number of aromatic nitrogens is 3.